The molecule has 0 aliphatic heterocycles. The van der Waals surface area contributed by atoms with E-state index in [2.05, 4.69) is 25.9 Å². The minimum atomic E-state index is -0.180. The standard InChI is InChI=1S/C17H11BrN4O2/c18-11-4-5-14-13(7-11)17(24)21(10-19-14)9-12-8-16(23)22-6-2-1-3-15(22)20-12/h1-8,10H,9H2. The van der Waals surface area contributed by atoms with Crippen LogP contribution in [-0.4, -0.2) is 18.9 Å². The van der Waals surface area contributed by atoms with E-state index in [1.807, 2.05) is 12.1 Å². The van der Waals surface area contributed by atoms with Crippen molar-refractivity contribution in [3.8, 4) is 0 Å². The molecule has 0 fully saturated rings. The van der Waals surface area contributed by atoms with Gasteiger partial charge in [0.2, 0.25) is 0 Å². The van der Waals surface area contributed by atoms with Crippen LogP contribution in [0.4, 0.5) is 0 Å². The molecule has 0 saturated heterocycles. The molecule has 0 N–H and O–H groups in total. The Morgan fingerprint density at radius 2 is 1.96 bits per heavy atom. The van der Waals surface area contributed by atoms with Crippen molar-refractivity contribution in [2.75, 3.05) is 0 Å². The van der Waals surface area contributed by atoms with Crippen LogP contribution in [0.3, 0.4) is 0 Å². The second-order valence-corrected chi connectivity index (χ2v) is 6.27. The summed E-state index contributed by atoms with van der Waals surface area (Å²) in [6.07, 6.45) is 3.14. The maximum Gasteiger partial charge on any atom is 0.261 e. The molecule has 0 amide bonds. The van der Waals surface area contributed by atoms with Crippen LogP contribution >= 0.6 is 15.9 Å². The SMILES string of the molecule is O=c1c2cc(Br)ccc2ncn1Cc1cc(=O)n2ccccc2n1. The highest BCUT2D eigenvalue weighted by Crippen LogP contribution is 2.15. The van der Waals surface area contributed by atoms with Crippen LogP contribution in [0.15, 0.2) is 69.1 Å². The highest BCUT2D eigenvalue weighted by atomic mass is 79.9. The second-order valence-electron chi connectivity index (χ2n) is 5.35. The molecule has 0 unspecified atom stereocenters. The van der Waals surface area contributed by atoms with Crippen molar-refractivity contribution in [1.82, 2.24) is 18.9 Å². The van der Waals surface area contributed by atoms with Gasteiger partial charge in [-0.3, -0.25) is 18.6 Å². The third-order valence-corrected chi connectivity index (χ3v) is 4.24. The predicted molar refractivity (Wildman–Crippen MR) is 94.3 cm³/mol. The summed E-state index contributed by atoms with van der Waals surface area (Å²) in [5.41, 5.74) is 1.34. The van der Waals surface area contributed by atoms with E-state index in [1.165, 1.54) is 21.4 Å². The van der Waals surface area contributed by atoms with E-state index >= 15 is 0 Å². The molecule has 24 heavy (non-hydrogen) atoms. The fourth-order valence-corrected chi connectivity index (χ4v) is 2.96. The van der Waals surface area contributed by atoms with Gasteiger partial charge in [0, 0.05) is 16.7 Å². The summed E-state index contributed by atoms with van der Waals surface area (Å²) in [7, 11) is 0. The fraction of sp³-hybridized carbons (Fsp3) is 0.0588. The molecule has 3 heterocycles. The first-order valence-electron chi connectivity index (χ1n) is 7.24. The lowest BCUT2D eigenvalue weighted by Gasteiger charge is -2.07. The Balaban J connectivity index is 1.84. The number of aromatic nitrogens is 4. The predicted octanol–water partition coefficient (Wildman–Crippen LogP) is 2.22. The van der Waals surface area contributed by atoms with Crippen molar-refractivity contribution in [1.29, 1.82) is 0 Å². The van der Waals surface area contributed by atoms with Gasteiger partial charge in [0.15, 0.2) is 0 Å². The van der Waals surface area contributed by atoms with E-state index in [1.54, 1.807) is 30.5 Å². The monoisotopic (exact) mass is 382 g/mol. The summed E-state index contributed by atoms with van der Waals surface area (Å²) < 4.78 is 3.73. The molecule has 4 rings (SSSR count). The zero-order chi connectivity index (χ0) is 16.7. The van der Waals surface area contributed by atoms with Gasteiger partial charge >= 0.3 is 0 Å². The molecule has 0 atom stereocenters. The lowest BCUT2D eigenvalue weighted by Crippen LogP contribution is -2.23. The van der Waals surface area contributed by atoms with E-state index < -0.39 is 0 Å². The Bertz CT molecular complexity index is 1200. The molecule has 0 aliphatic rings. The molecule has 0 aliphatic carbocycles. The maximum atomic E-state index is 12.6. The molecule has 0 saturated carbocycles. The largest absolute Gasteiger partial charge is 0.293 e. The van der Waals surface area contributed by atoms with Gasteiger partial charge < -0.3 is 0 Å². The van der Waals surface area contributed by atoms with E-state index in [0.29, 0.717) is 22.2 Å². The number of pyridine rings is 1. The summed E-state index contributed by atoms with van der Waals surface area (Å²) >= 11 is 3.36. The van der Waals surface area contributed by atoms with Gasteiger partial charge in [-0.1, -0.05) is 22.0 Å². The number of rotatable bonds is 2. The number of hydrogen-bond acceptors (Lipinski definition) is 4. The van der Waals surface area contributed by atoms with Crippen LogP contribution in [0.1, 0.15) is 5.69 Å². The van der Waals surface area contributed by atoms with E-state index in [0.717, 1.165) is 4.47 Å². The Morgan fingerprint density at radius 3 is 2.83 bits per heavy atom. The molecule has 0 bridgehead atoms. The first-order chi connectivity index (χ1) is 11.6. The normalized spacial score (nSPS) is 11.2. The third-order valence-electron chi connectivity index (χ3n) is 3.74. The number of nitrogens with zero attached hydrogens (tertiary/aromatic N) is 4. The molecule has 1 aromatic carbocycles. The Morgan fingerprint density at radius 1 is 1.08 bits per heavy atom. The fourth-order valence-electron chi connectivity index (χ4n) is 2.60. The van der Waals surface area contributed by atoms with Crippen molar-refractivity contribution < 1.29 is 0 Å². The van der Waals surface area contributed by atoms with Gasteiger partial charge in [0.1, 0.15) is 5.65 Å². The number of benzene rings is 1. The average molecular weight is 383 g/mol. The summed E-state index contributed by atoms with van der Waals surface area (Å²) in [6.45, 7) is 0.189. The van der Waals surface area contributed by atoms with Gasteiger partial charge in [-0.05, 0) is 30.3 Å². The minimum Gasteiger partial charge on any atom is -0.293 e. The molecule has 4 aromatic rings. The highest BCUT2D eigenvalue weighted by Gasteiger charge is 2.08. The van der Waals surface area contributed by atoms with Crippen LogP contribution in [0.25, 0.3) is 16.6 Å². The number of hydrogen-bond donors (Lipinski definition) is 0. The van der Waals surface area contributed by atoms with E-state index in [9.17, 15) is 9.59 Å². The highest BCUT2D eigenvalue weighted by molar-refractivity contribution is 9.10. The molecular formula is C17H11BrN4O2. The van der Waals surface area contributed by atoms with Crippen LogP contribution in [0.2, 0.25) is 0 Å². The topological polar surface area (TPSA) is 69.3 Å². The number of fused-ring (bicyclic) bond motifs is 2. The molecular weight excluding hydrogens is 372 g/mol. The lowest BCUT2D eigenvalue weighted by atomic mass is 10.2. The van der Waals surface area contributed by atoms with Crippen LogP contribution < -0.4 is 11.1 Å². The quantitative estimate of drug-likeness (QED) is 0.532. The van der Waals surface area contributed by atoms with Gasteiger partial charge in [-0.25, -0.2) is 9.97 Å². The van der Waals surface area contributed by atoms with Crippen molar-refractivity contribution in [3.05, 3.63) is 85.9 Å². The van der Waals surface area contributed by atoms with Gasteiger partial charge in [-0.15, -0.1) is 0 Å². The Hall–Kier alpha value is -2.80. The van der Waals surface area contributed by atoms with Crippen LogP contribution in [0.5, 0.6) is 0 Å². The lowest BCUT2D eigenvalue weighted by molar-refractivity contribution is 0.726. The van der Waals surface area contributed by atoms with E-state index in [-0.39, 0.29) is 17.7 Å². The van der Waals surface area contributed by atoms with Crippen molar-refractivity contribution in [2.24, 2.45) is 0 Å². The molecule has 6 nitrogen and oxygen atoms in total. The number of halogens is 1. The summed E-state index contributed by atoms with van der Waals surface area (Å²) in [6, 6.07) is 12.1. The molecule has 7 heteroatoms. The first-order valence-corrected chi connectivity index (χ1v) is 8.03. The Kier molecular flexibility index (Phi) is 3.50. The van der Waals surface area contributed by atoms with E-state index in [4.69, 9.17) is 0 Å². The van der Waals surface area contributed by atoms with Crippen molar-refractivity contribution in [3.63, 3.8) is 0 Å². The molecule has 0 spiro atoms. The van der Waals surface area contributed by atoms with Crippen LogP contribution in [-0.2, 0) is 6.54 Å². The molecule has 3 aromatic heterocycles. The molecule has 0 radical (unpaired) electrons. The van der Waals surface area contributed by atoms with Crippen LogP contribution in [0, 0.1) is 0 Å². The maximum absolute atomic E-state index is 12.6. The van der Waals surface area contributed by atoms with Gasteiger partial charge in [-0.2, -0.15) is 0 Å². The van der Waals surface area contributed by atoms with Crippen molar-refractivity contribution in [2.45, 2.75) is 6.54 Å². The average Bonchev–Trinajstić information content (AvgIpc) is 2.58. The zero-order valence-electron chi connectivity index (χ0n) is 12.4. The summed E-state index contributed by atoms with van der Waals surface area (Å²) in [4.78, 5) is 33.5. The third kappa shape index (κ3) is 2.52. The zero-order valence-corrected chi connectivity index (χ0v) is 14.0. The van der Waals surface area contributed by atoms with Gasteiger partial charge in [0.05, 0.1) is 29.5 Å². The summed E-state index contributed by atoms with van der Waals surface area (Å²) in [5, 5.41) is 0.518. The summed E-state index contributed by atoms with van der Waals surface area (Å²) in [5.74, 6) is 0. The first kappa shape index (κ1) is 14.8. The smallest absolute Gasteiger partial charge is 0.261 e. The van der Waals surface area contributed by atoms with Gasteiger partial charge in [0.25, 0.3) is 11.1 Å². The van der Waals surface area contributed by atoms with Crippen molar-refractivity contribution >= 4 is 32.5 Å². The molecule has 118 valence electrons. The minimum absolute atomic E-state index is 0.170. The Labute approximate surface area is 144 Å². The second kappa shape index (κ2) is 5.68.